The molecule has 2 aromatic carbocycles. The van der Waals surface area contributed by atoms with E-state index in [9.17, 15) is 9.59 Å². The third kappa shape index (κ3) is 1.93. The first kappa shape index (κ1) is 12.6. The fourth-order valence-electron chi connectivity index (χ4n) is 2.07. The fourth-order valence-corrected chi connectivity index (χ4v) is 2.84. The molecule has 0 atom stereocenters. The maximum Gasteiger partial charge on any atom is 0.266 e. The number of rotatable bonds is 1. The Balaban J connectivity index is 2.17. The summed E-state index contributed by atoms with van der Waals surface area (Å²) < 4.78 is 1.51. The lowest BCUT2D eigenvalue weighted by atomic mass is 10.1. The largest absolute Gasteiger partial charge is 0.268 e. The van der Waals surface area contributed by atoms with Crippen LogP contribution in [0, 0.1) is 0 Å². The van der Waals surface area contributed by atoms with Crippen molar-refractivity contribution in [3.8, 4) is 0 Å². The van der Waals surface area contributed by atoms with Crippen LogP contribution in [0.4, 0.5) is 5.69 Å². The van der Waals surface area contributed by atoms with Gasteiger partial charge in [-0.3, -0.25) is 9.59 Å². The highest BCUT2D eigenvalue weighted by atomic mass is 79.9. The van der Waals surface area contributed by atoms with Crippen molar-refractivity contribution >= 4 is 49.4 Å². The molecule has 94 valence electrons. The number of halogens is 2. The Morgan fingerprint density at radius 1 is 0.842 bits per heavy atom. The minimum absolute atomic E-state index is 0.292. The molecule has 1 aliphatic rings. The lowest BCUT2D eigenvalue weighted by molar-refractivity contribution is 0.0926. The van der Waals surface area contributed by atoms with E-state index in [0.29, 0.717) is 21.3 Å². The van der Waals surface area contributed by atoms with Crippen LogP contribution in [0.25, 0.3) is 0 Å². The van der Waals surface area contributed by atoms with E-state index in [0.717, 1.165) is 4.47 Å². The summed E-state index contributed by atoms with van der Waals surface area (Å²) >= 11 is 6.72. The van der Waals surface area contributed by atoms with Gasteiger partial charge in [-0.2, -0.15) is 0 Å². The number of benzene rings is 2. The van der Waals surface area contributed by atoms with Crippen LogP contribution in [-0.2, 0) is 0 Å². The number of hydrogen-bond donors (Lipinski definition) is 0. The van der Waals surface area contributed by atoms with Gasteiger partial charge in [-0.1, -0.05) is 28.1 Å². The number of anilines is 1. The van der Waals surface area contributed by atoms with Crippen LogP contribution in [0.15, 0.2) is 51.4 Å². The Bertz CT molecular complexity index is 677. The van der Waals surface area contributed by atoms with E-state index < -0.39 is 0 Å². The zero-order valence-electron chi connectivity index (χ0n) is 9.56. The molecule has 0 fully saturated rings. The first-order valence-electron chi connectivity index (χ1n) is 5.52. The highest BCUT2D eigenvalue weighted by Crippen LogP contribution is 2.35. The van der Waals surface area contributed by atoms with E-state index >= 15 is 0 Å². The smallest absolute Gasteiger partial charge is 0.266 e. The second-order valence-electron chi connectivity index (χ2n) is 4.09. The summed E-state index contributed by atoms with van der Waals surface area (Å²) in [6.07, 6.45) is 0. The van der Waals surface area contributed by atoms with Crippen LogP contribution in [0.2, 0.25) is 0 Å². The number of carbonyl (C=O) groups is 2. The predicted molar refractivity (Wildman–Crippen MR) is 79.4 cm³/mol. The number of nitrogens with zero attached hydrogens (tertiary/aromatic N) is 1. The first-order chi connectivity index (χ1) is 9.09. The second-order valence-corrected chi connectivity index (χ2v) is 5.86. The lowest BCUT2D eigenvalue weighted by Gasteiger charge is -2.16. The summed E-state index contributed by atoms with van der Waals surface area (Å²) in [7, 11) is 0. The standard InChI is InChI=1S/C14H7Br2NO2/c15-8-5-6-11(16)12(7-8)17-13(18)9-3-1-2-4-10(9)14(17)19/h1-7H. The van der Waals surface area contributed by atoms with Crippen LogP contribution in [0.3, 0.4) is 0 Å². The van der Waals surface area contributed by atoms with Crippen LogP contribution in [0.1, 0.15) is 20.7 Å². The molecule has 0 saturated carbocycles. The molecule has 0 aliphatic carbocycles. The zero-order chi connectivity index (χ0) is 13.6. The van der Waals surface area contributed by atoms with Gasteiger partial charge in [0, 0.05) is 8.95 Å². The lowest BCUT2D eigenvalue weighted by Crippen LogP contribution is -2.29. The van der Waals surface area contributed by atoms with Crippen LogP contribution >= 0.6 is 31.9 Å². The van der Waals surface area contributed by atoms with Crippen molar-refractivity contribution in [3.63, 3.8) is 0 Å². The van der Waals surface area contributed by atoms with E-state index in [-0.39, 0.29) is 11.8 Å². The van der Waals surface area contributed by atoms with Crippen molar-refractivity contribution < 1.29 is 9.59 Å². The van der Waals surface area contributed by atoms with Crippen molar-refractivity contribution in [2.45, 2.75) is 0 Å². The molecule has 0 spiro atoms. The molecular formula is C14H7Br2NO2. The number of fused-ring (bicyclic) bond motifs is 1. The number of carbonyl (C=O) groups excluding carboxylic acids is 2. The first-order valence-corrected chi connectivity index (χ1v) is 7.11. The maximum atomic E-state index is 12.3. The highest BCUT2D eigenvalue weighted by molar-refractivity contribution is 9.11. The molecule has 3 rings (SSSR count). The molecule has 19 heavy (non-hydrogen) atoms. The topological polar surface area (TPSA) is 37.4 Å². The number of hydrogen-bond acceptors (Lipinski definition) is 2. The fraction of sp³-hybridized carbons (Fsp3) is 0. The van der Waals surface area contributed by atoms with Gasteiger partial charge in [0.2, 0.25) is 0 Å². The average Bonchev–Trinajstić information content (AvgIpc) is 2.66. The molecule has 0 unspecified atom stereocenters. The third-order valence-electron chi connectivity index (χ3n) is 2.94. The molecule has 1 heterocycles. The Hall–Kier alpha value is -1.46. The number of imide groups is 1. The van der Waals surface area contributed by atoms with Gasteiger partial charge in [-0.15, -0.1) is 0 Å². The normalized spacial score (nSPS) is 13.9. The van der Waals surface area contributed by atoms with Gasteiger partial charge in [0.1, 0.15) is 0 Å². The van der Waals surface area contributed by atoms with Crippen molar-refractivity contribution in [2.75, 3.05) is 4.90 Å². The summed E-state index contributed by atoms with van der Waals surface area (Å²) in [6, 6.07) is 12.2. The molecule has 3 nitrogen and oxygen atoms in total. The van der Waals surface area contributed by atoms with E-state index in [1.54, 1.807) is 36.4 Å². The van der Waals surface area contributed by atoms with E-state index in [1.807, 2.05) is 6.07 Å². The summed E-state index contributed by atoms with van der Waals surface area (Å²) in [4.78, 5) is 25.9. The molecule has 2 amide bonds. The number of amides is 2. The van der Waals surface area contributed by atoms with Gasteiger partial charge in [0.05, 0.1) is 16.8 Å². The molecule has 2 aromatic rings. The molecule has 0 radical (unpaired) electrons. The molecule has 1 aliphatic heterocycles. The Labute approximate surface area is 126 Å². The maximum absolute atomic E-state index is 12.3. The van der Waals surface area contributed by atoms with Gasteiger partial charge in [0.15, 0.2) is 0 Å². The molecular weight excluding hydrogens is 374 g/mol. The Morgan fingerprint density at radius 2 is 1.42 bits per heavy atom. The van der Waals surface area contributed by atoms with Gasteiger partial charge >= 0.3 is 0 Å². The van der Waals surface area contributed by atoms with E-state index in [1.165, 1.54) is 4.90 Å². The van der Waals surface area contributed by atoms with Crippen LogP contribution in [0.5, 0.6) is 0 Å². The van der Waals surface area contributed by atoms with Crippen molar-refractivity contribution in [3.05, 3.63) is 62.5 Å². The van der Waals surface area contributed by atoms with Gasteiger partial charge in [-0.05, 0) is 46.3 Å². The predicted octanol–water partition coefficient (Wildman–Crippen LogP) is 4.01. The van der Waals surface area contributed by atoms with Gasteiger partial charge < -0.3 is 0 Å². The molecule has 0 saturated heterocycles. The molecule has 0 aromatic heterocycles. The summed E-state index contributed by atoms with van der Waals surface area (Å²) in [5.74, 6) is -0.584. The van der Waals surface area contributed by atoms with Crippen LogP contribution < -0.4 is 4.90 Å². The quantitative estimate of drug-likeness (QED) is 0.701. The van der Waals surface area contributed by atoms with Crippen LogP contribution in [-0.4, -0.2) is 11.8 Å². The summed E-state index contributed by atoms with van der Waals surface area (Å²) in [5.41, 5.74) is 1.43. The highest BCUT2D eigenvalue weighted by Gasteiger charge is 2.37. The van der Waals surface area contributed by atoms with Crippen molar-refractivity contribution in [1.82, 2.24) is 0 Å². The van der Waals surface area contributed by atoms with Crippen molar-refractivity contribution in [1.29, 1.82) is 0 Å². The molecule has 0 bridgehead atoms. The summed E-state index contributed by atoms with van der Waals surface area (Å²) in [6.45, 7) is 0. The Morgan fingerprint density at radius 3 is 2.00 bits per heavy atom. The SMILES string of the molecule is O=C1c2ccccc2C(=O)N1c1cc(Br)ccc1Br. The van der Waals surface area contributed by atoms with Crippen molar-refractivity contribution in [2.24, 2.45) is 0 Å². The minimum Gasteiger partial charge on any atom is -0.268 e. The molecule has 0 N–H and O–H groups in total. The second kappa shape index (κ2) is 4.58. The Kier molecular flexibility index (Phi) is 3.03. The minimum atomic E-state index is -0.292. The van der Waals surface area contributed by atoms with Gasteiger partial charge in [-0.25, -0.2) is 4.90 Å². The van der Waals surface area contributed by atoms with Gasteiger partial charge in [0.25, 0.3) is 11.8 Å². The van der Waals surface area contributed by atoms with E-state index in [2.05, 4.69) is 31.9 Å². The third-order valence-corrected chi connectivity index (χ3v) is 4.11. The molecule has 5 heteroatoms. The zero-order valence-corrected chi connectivity index (χ0v) is 12.7. The monoisotopic (exact) mass is 379 g/mol. The summed E-state index contributed by atoms with van der Waals surface area (Å²) in [5, 5.41) is 0. The average molecular weight is 381 g/mol. The van der Waals surface area contributed by atoms with E-state index in [4.69, 9.17) is 0 Å².